The second-order valence-electron chi connectivity index (χ2n) is 5.82. The van der Waals surface area contributed by atoms with Gasteiger partial charge in [-0.2, -0.15) is 0 Å². The average Bonchev–Trinajstić information content (AvgIpc) is 3.10. The van der Waals surface area contributed by atoms with Gasteiger partial charge in [0.05, 0.1) is 13.2 Å². The minimum absolute atomic E-state index is 0.138. The van der Waals surface area contributed by atoms with E-state index in [0.717, 1.165) is 16.2 Å². The van der Waals surface area contributed by atoms with E-state index in [1.807, 2.05) is 0 Å². The Balaban J connectivity index is 1.61. The fourth-order valence-electron chi connectivity index (χ4n) is 2.52. The molecular weight excluding hydrogens is 383 g/mol. The maximum atomic E-state index is 13.1. The molecule has 0 fully saturated rings. The molecule has 8 heteroatoms. The van der Waals surface area contributed by atoms with Crippen LogP contribution < -0.4 is 10.6 Å². The molecule has 0 saturated heterocycles. The molecule has 3 rings (SSSR count). The quantitative estimate of drug-likeness (QED) is 0.620. The van der Waals surface area contributed by atoms with E-state index in [-0.39, 0.29) is 18.1 Å². The Hall–Kier alpha value is -3.26. The molecule has 2 aromatic carbocycles. The Kier molecular flexibility index (Phi) is 6.00. The number of hydrogen-bond donors (Lipinski definition) is 2. The summed E-state index contributed by atoms with van der Waals surface area (Å²) < 4.78 is 19.0. The number of ether oxygens (including phenoxy) is 1. The van der Waals surface area contributed by atoms with Gasteiger partial charge in [0.15, 0.2) is 0 Å². The van der Waals surface area contributed by atoms with Crippen LogP contribution in [0.4, 0.5) is 10.1 Å². The molecule has 2 N–H and O–H groups in total. The van der Waals surface area contributed by atoms with Crippen LogP contribution in [0.2, 0.25) is 0 Å². The fraction of sp³-hybridized carbons (Fsp3) is 0.150. The fourth-order valence-corrected chi connectivity index (χ4v) is 3.46. The van der Waals surface area contributed by atoms with Crippen molar-refractivity contribution in [3.05, 3.63) is 64.8 Å². The monoisotopic (exact) mass is 400 g/mol. The number of thiophene rings is 1. The van der Waals surface area contributed by atoms with Gasteiger partial charge in [0.25, 0.3) is 5.91 Å². The van der Waals surface area contributed by atoms with Gasteiger partial charge in [-0.25, -0.2) is 9.18 Å². The lowest BCUT2D eigenvalue weighted by molar-refractivity contribution is -0.115. The topological polar surface area (TPSA) is 84.5 Å². The van der Waals surface area contributed by atoms with Crippen LogP contribution >= 0.6 is 11.3 Å². The van der Waals surface area contributed by atoms with Crippen molar-refractivity contribution in [3.63, 3.8) is 0 Å². The van der Waals surface area contributed by atoms with Crippen molar-refractivity contribution in [1.82, 2.24) is 5.32 Å². The first-order chi connectivity index (χ1) is 13.5. The van der Waals surface area contributed by atoms with E-state index in [4.69, 9.17) is 4.74 Å². The molecule has 0 aliphatic rings. The van der Waals surface area contributed by atoms with Gasteiger partial charge >= 0.3 is 5.97 Å². The van der Waals surface area contributed by atoms with E-state index >= 15 is 0 Å². The molecule has 0 radical (unpaired) electrons. The minimum atomic E-state index is -0.540. The molecule has 0 saturated carbocycles. The zero-order valence-corrected chi connectivity index (χ0v) is 15.8. The number of carbonyl (C=O) groups is 3. The van der Waals surface area contributed by atoms with Crippen LogP contribution in [0.1, 0.15) is 27.0 Å². The lowest BCUT2D eigenvalue weighted by Crippen LogP contribution is -2.32. The zero-order valence-electron chi connectivity index (χ0n) is 15.0. The van der Waals surface area contributed by atoms with Crippen LogP contribution in [-0.2, 0) is 9.53 Å². The summed E-state index contributed by atoms with van der Waals surface area (Å²) in [5.74, 6) is -1.87. The number of rotatable bonds is 6. The zero-order chi connectivity index (χ0) is 20.1. The van der Waals surface area contributed by atoms with Crippen LogP contribution in [0.25, 0.3) is 10.1 Å². The molecule has 28 heavy (non-hydrogen) atoms. The van der Waals surface area contributed by atoms with Gasteiger partial charge in [-0.1, -0.05) is 6.07 Å². The smallest absolute Gasteiger partial charge is 0.348 e. The van der Waals surface area contributed by atoms with Crippen molar-refractivity contribution < 1.29 is 23.5 Å². The molecule has 0 aliphatic carbocycles. The molecule has 6 nitrogen and oxygen atoms in total. The van der Waals surface area contributed by atoms with E-state index in [1.165, 1.54) is 29.5 Å². The summed E-state index contributed by atoms with van der Waals surface area (Å²) in [7, 11) is 0. The highest BCUT2D eigenvalue weighted by atomic mass is 32.1. The predicted molar refractivity (Wildman–Crippen MR) is 105 cm³/mol. The molecular formula is C20H17FN2O4S. The summed E-state index contributed by atoms with van der Waals surface area (Å²) in [6, 6.07) is 12.2. The lowest BCUT2D eigenvalue weighted by atomic mass is 10.2. The summed E-state index contributed by atoms with van der Waals surface area (Å²) in [5, 5.41) is 5.92. The predicted octanol–water partition coefficient (Wildman–Crippen LogP) is 3.59. The van der Waals surface area contributed by atoms with Crippen LogP contribution in [0.15, 0.2) is 48.5 Å². The summed E-state index contributed by atoms with van der Waals surface area (Å²) >= 11 is 1.31. The van der Waals surface area contributed by atoms with Crippen molar-refractivity contribution in [2.45, 2.75) is 6.92 Å². The number of fused-ring (bicyclic) bond motifs is 1. The van der Waals surface area contributed by atoms with Gasteiger partial charge in [-0.05, 0) is 54.8 Å². The first kappa shape index (κ1) is 19.5. The Morgan fingerprint density at radius 1 is 1.11 bits per heavy atom. The highest BCUT2D eigenvalue weighted by Gasteiger charge is 2.13. The summed E-state index contributed by atoms with van der Waals surface area (Å²) in [6.07, 6.45) is 0. The number of hydrogen-bond acceptors (Lipinski definition) is 5. The number of amides is 2. The number of benzene rings is 2. The van der Waals surface area contributed by atoms with Crippen molar-refractivity contribution in [2.75, 3.05) is 18.5 Å². The second kappa shape index (κ2) is 8.62. The SMILES string of the molecule is CCOC(=O)c1cc2cc(NC(=O)CNC(=O)c3cccc(F)c3)ccc2s1. The van der Waals surface area contributed by atoms with Crippen molar-refractivity contribution in [1.29, 1.82) is 0 Å². The molecule has 0 unspecified atom stereocenters. The average molecular weight is 400 g/mol. The largest absolute Gasteiger partial charge is 0.462 e. The molecule has 0 atom stereocenters. The summed E-state index contributed by atoms with van der Waals surface area (Å²) in [4.78, 5) is 36.3. The number of anilines is 1. The highest BCUT2D eigenvalue weighted by Crippen LogP contribution is 2.28. The Morgan fingerprint density at radius 2 is 1.93 bits per heavy atom. The molecule has 0 spiro atoms. The first-order valence-electron chi connectivity index (χ1n) is 8.50. The Labute approximate surface area is 164 Å². The third-order valence-corrected chi connectivity index (χ3v) is 4.87. The van der Waals surface area contributed by atoms with E-state index in [2.05, 4.69) is 10.6 Å². The van der Waals surface area contributed by atoms with Gasteiger partial charge < -0.3 is 15.4 Å². The van der Waals surface area contributed by atoms with Crippen molar-refractivity contribution in [3.8, 4) is 0 Å². The minimum Gasteiger partial charge on any atom is -0.462 e. The van der Waals surface area contributed by atoms with Crippen LogP contribution in [0.3, 0.4) is 0 Å². The van der Waals surface area contributed by atoms with E-state index in [0.29, 0.717) is 17.2 Å². The van der Waals surface area contributed by atoms with Crippen LogP contribution in [-0.4, -0.2) is 30.9 Å². The Morgan fingerprint density at radius 3 is 2.68 bits per heavy atom. The van der Waals surface area contributed by atoms with E-state index in [9.17, 15) is 18.8 Å². The van der Waals surface area contributed by atoms with E-state index < -0.39 is 17.6 Å². The van der Waals surface area contributed by atoms with Gasteiger partial charge in [0.1, 0.15) is 10.7 Å². The van der Waals surface area contributed by atoms with Crippen LogP contribution in [0.5, 0.6) is 0 Å². The van der Waals surface area contributed by atoms with Crippen molar-refractivity contribution >= 4 is 44.9 Å². The molecule has 1 heterocycles. The molecule has 3 aromatic rings. The highest BCUT2D eigenvalue weighted by molar-refractivity contribution is 7.20. The number of carbonyl (C=O) groups excluding carboxylic acids is 3. The Bertz CT molecular complexity index is 1050. The summed E-state index contributed by atoms with van der Waals surface area (Å²) in [6.45, 7) is 1.78. The van der Waals surface area contributed by atoms with E-state index in [1.54, 1.807) is 31.2 Å². The normalized spacial score (nSPS) is 10.5. The maximum Gasteiger partial charge on any atom is 0.348 e. The van der Waals surface area contributed by atoms with Gasteiger partial charge in [0.2, 0.25) is 5.91 Å². The molecule has 2 amide bonds. The van der Waals surface area contributed by atoms with Gasteiger partial charge in [0, 0.05) is 16.0 Å². The van der Waals surface area contributed by atoms with Gasteiger partial charge in [-0.15, -0.1) is 11.3 Å². The number of nitrogens with one attached hydrogen (secondary N) is 2. The number of esters is 1. The standard InChI is InChI=1S/C20H17FN2O4S/c1-2-27-20(26)17-10-13-9-15(6-7-16(13)28-17)23-18(24)11-22-19(25)12-4-3-5-14(21)8-12/h3-10H,2,11H2,1H3,(H,22,25)(H,23,24). The second-order valence-corrected chi connectivity index (χ2v) is 6.91. The first-order valence-corrected chi connectivity index (χ1v) is 9.32. The lowest BCUT2D eigenvalue weighted by Gasteiger charge is -2.07. The third-order valence-electron chi connectivity index (χ3n) is 3.77. The van der Waals surface area contributed by atoms with Crippen LogP contribution in [0, 0.1) is 5.82 Å². The molecule has 144 valence electrons. The molecule has 0 bridgehead atoms. The molecule has 1 aromatic heterocycles. The maximum absolute atomic E-state index is 13.1. The summed E-state index contributed by atoms with van der Waals surface area (Å²) in [5.41, 5.74) is 0.671. The third kappa shape index (κ3) is 4.72. The van der Waals surface area contributed by atoms with Gasteiger partial charge in [-0.3, -0.25) is 9.59 Å². The van der Waals surface area contributed by atoms with Crippen molar-refractivity contribution in [2.24, 2.45) is 0 Å². The number of halogens is 1. The molecule has 0 aliphatic heterocycles.